The van der Waals surface area contributed by atoms with Crippen LogP contribution in [0.2, 0.25) is 0 Å². The van der Waals surface area contributed by atoms with Crippen LogP contribution in [0.5, 0.6) is 0 Å². The lowest BCUT2D eigenvalue weighted by atomic mass is 10.0. The molecule has 0 unspecified atom stereocenters. The number of hydrogen-bond acceptors (Lipinski definition) is 5. The third-order valence-corrected chi connectivity index (χ3v) is 9.34. The minimum Gasteiger partial charge on any atom is -0.325 e. The van der Waals surface area contributed by atoms with E-state index in [0.717, 1.165) is 30.8 Å². The molecule has 0 aromatic heterocycles. The fourth-order valence-electron chi connectivity index (χ4n) is 4.32. The molecule has 3 heterocycles. The Kier molecular flexibility index (Phi) is 6.01. The lowest BCUT2D eigenvalue weighted by Gasteiger charge is -2.39. The fraction of sp³-hybridized carbons (Fsp3) is 0.650. The van der Waals surface area contributed by atoms with Gasteiger partial charge >= 0.3 is 0 Å². The number of thioether (sulfide) groups is 1. The number of piperidine rings is 2. The van der Waals surface area contributed by atoms with Crippen LogP contribution in [0.1, 0.15) is 39.0 Å². The number of likely N-dealkylation sites (tertiary alicyclic amines) is 1. The molecule has 1 atom stereocenters. The van der Waals surface area contributed by atoms with E-state index in [9.17, 15) is 13.2 Å². The number of carbonyl (C=O) groups is 1. The van der Waals surface area contributed by atoms with Crippen LogP contribution in [0.3, 0.4) is 0 Å². The van der Waals surface area contributed by atoms with Crippen molar-refractivity contribution in [2.75, 3.05) is 37.2 Å². The van der Waals surface area contributed by atoms with Crippen LogP contribution >= 0.6 is 11.8 Å². The summed E-state index contributed by atoms with van der Waals surface area (Å²) in [7, 11) is -3.54. The van der Waals surface area contributed by atoms with Gasteiger partial charge < -0.3 is 10.2 Å². The Bertz CT molecular complexity index is 829. The molecule has 154 valence electrons. The van der Waals surface area contributed by atoms with E-state index >= 15 is 0 Å². The molecule has 3 aliphatic rings. The van der Waals surface area contributed by atoms with Crippen LogP contribution in [0.15, 0.2) is 28.0 Å². The van der Waals surface area contributed by atoms with Crippen molar-refractivity contribution in [2.24, 2.45) is 5.92 Å². The van der Waals surface area contributed by atoms with E-state index in [0.29, 0.717) is 30.6 Å². The van der Waals surface area contributed by atoms with E-state index in [-0.39, 0.29) is 16.7 Å². The summed E-state index contributed by atoms with van der Waals surface area (Å²) in [5.41, 5.74) is 0.614. The topological polar surface area (TPSA) is 69.7 Å². The average molecular weight is 424 g/mol. The normalized spacial score (nSPS) is 25.8. The van der Waals surface area contributed by atoms with Crippen molar-refractivity contribution in [1.82, 2.24) is 9.21 Å². The third-order valence-electron chi connectivity index (χ3n) is 6.11. The molecule has 28 heavy (non-hydrogen) atoms. The highest BCUT2D eigenvalue weighted by Gasteiger charge is 2.32. The van der Waals surface area contributed by atoms with Crippen LogP contribution in [0, 0.1) is 5.92 Å². The Morgan fingerprint density at radius 1 is 1.07 bits per heavy atom. The van der Waals surface area contributed by atoms with Gasteiger partial charge in [0.05, 0.1) is 10.6 Å². The van der Waals surface area contributed by atoms with Crippen molar-refractivity contribution < 1.29 is 13.2 Å². The van der Waals surface area contributed by atoms with Gasteiger partial charge in [-0.15, -0.1) is 11.8 Å². The second kappa shape index (κ2) is 8.34. The van der Waals surface area contributed by atoms with E-state index in [1.807, 2.05) is 13.0 Å². The Labute approximate surface area is 172 Å². The smallest absolute Gasteiger partial charge is 0.243 e. The Hall–Kier alpha value is -1.09. The summed E-state index contributed by atoms with van der Waals surface area (Å²) in [6, 6.07) is 5.65. The first kappa shape index (κ1) is 20.2. The maximum absolute atomic E-state index is 13.2. The lowest BCUT2D eigenvalue weighted by Crippen LogP contribution is -2.48. The van der Waals surface area contributed by atoms with Crippen molar-refractivity contribution in [2.45, 2.75) is 54.9 Å². The number of anilines is 1. The molecule has 1 aromatic rings. The van der Waals surface area contributed by atoms with Crippen molar-refractivity contribution in [3.05, 3.63) is 18.2 Å². The average Bonchev–Trinajstić information content (AvgIpc) is 2.86. The molecule has 8 heteroatoms. The molecule has 1 amide bonds. The minimum atomic E-state index is -3.54. The summed E-state index contributed by atoms with van der Waals surface area (Å²) in [6.45, 7) is 5.33. The Balaban J connectivity index is 1.47. The number of hydrogen-bond donors (Lipinski definition) is 1. The molecule has 2 fully saturated rings. The summed E-state index contributed by atoms with van der Waals surface area (Å²) >= 11 is 1.60. The van der Waals surface area contributed by atoms with Gasteiger partial charge in [-0.2, -0.15) is 4.31 Å². The van der Waals surface area contributed by atoms with Gasteiger partial charge in [0, 0.05) is 35.7 Å². The van der Waals surface area contributed by atoms with Gasteiger partial charge in [-0.3, -0.25) is 4.79 Å². The summed E-state index contributed by atoms with van der Waals surface area (Å²) in [5, 5.41) is 2.89. The number of sulfonamides is 1. The van der Waals surface area contributed by atoms with E-state index in [4.69, 9.17) is 0 Å². The molecular weight excluding hydrogens is 394 g/mol. The molecule has 4 rings (SSSR count). The van der Waals surface area contributed by atoms with Crippen LogP contribution in [-0.4, -0.2) is 61.5 Å². The molecule has 6 nitrogen and oxygen atoms in total. The number of carbonyl (C=O) groups excluding carboxylic acids is 1. The summed E-state index contributed by atoms with van der Waals surface area (Å²) in [4.78, 5) is 15.9. The van der Waals surface area contributed by atoms with Gasteiger partial charge in [-0.25, -0.2) is 8.42 Å². The highest BCUT2D eigenvalue weighted by atomic mass is 32.2. The molecule has 0 saturated carbocycles. The first-order chi connectivity index (χ1) is 13.4. The van der Waals surface area contributed by atoms with E-state index < -0.39 is 10.0 Å². The van der Waals surface area contributed by atoms with Crippen LogP contribution in [0.25, 0.3) is 0 Å². The Morgan fingerprint density at radius 3 is 2.50 bits per heavy atom. The first-order valence-electron chi connectivity index (χ1n) is 10.3. The lowest BCUT2D eigenvalue weighted by molar-refractivity contribution is -0.118. The van der Waals surface area contributed by atoms with Crippen molar-refractivity contribution in [3.8, 4) is 0 Å². The second-order valence-electron chi connectivity index (χ2n) is 8.09. The molecule has 2 saturated heterocycles. The zero-order chi connectivity index (χ0) is 19.7. The van der Waals surface area contributed by atoms with Gasteiger partial charge in [-0.05, 0) is 57.0 Å². The van der Waals surface area contributed by atoms with Crippen LogP contribution in [-0.2, 0) is 14.8 Å². The van der Waals surface area contributed by atoms with Crippen LogP contribution < -0.4 is 5.32 Å². The molecule has 1 N–H and O–H groups in total. The Morgan fingerprint density at radius 2 is 1.79 bits per heavy atom. The zero-order valence-corrected chi connectivity index (χ0v) is 18.0. The largest absolute Gasteiger partial charge is 0.325 e. The SMILES string of the molecule is C[C@@H]1CSc2ccc(S(=O)(=O)N3CCC(N4CCCCC4)CC3)cc2NC1=O. The predicted octanol–water partition coefficient (Wildman–Crippen LogP) is 3.01. The van der Waals surface area contributed by atoms with Gasteiger partial charge in [-0.1, -0.05) is 13.3 Å². The standard InChI is InChI=1S/C20H29N3O3S2/c1-15-14-27-19-6-5-17(13-18(19)21-20(15)24)28(25,26)23-11-7-16(8-12-23)22-9-3-2-4-10-22/h5-6,13,15-16H,2-4,7-12,14H2,1H3,(H,21,24)/t15-/m1/s1. The summed E-state index contributed by atoms with van der Waals surface area (Å²) in [5.74, 6) is 0.559. The van der Waals surface area contributed by atoms with Crippen molar-refractivity contribution >= 4 is 33.4 Å². The number of nitrogens with one attached hydrogen (secondary N) is 1. The van der Waals surface area contributed by atoms with Gasteiger partial charge in [0.2, 0.25) is 15.9 Å². The second-order valence-corrected chi connectivity index (χ2v) is 11.1. The monoisotopic (exact) mass is 423 g/mol. The van der Waals surface area contributed by atoms with Crippen molar-refractivity contribution in [1.29, 1.82) is 0 Å². The fourth-order valence-corrected chi connectivity index (χ4v) is 6.83. The van der Waals surface area contributed by atoms with Gasteiger partial charge in [0.15, 0.2) is 0 Å². The number of rotatable bonds is 3. The molecule has 0 spiro atoms. The summed E-state index contributed by atoms with van der Waals surface area (Å²) in [6.07, 6.45) is 5.63. The van der Waals surface area contributed by atoms with E-state index in [1.54, 1.807) is 28.2 Å². The van der Waals surface area contributed by atoms with Crippen LogP contribution in [0.4, 0.5) is 5.69 Å². The van der Waals surface area contributed by atoms with Gasteiger partial charge in [0.25, 0.3) is 0 Å². The summed E-state index contributed by atoms with van der Waals surface area (Å²) < 4.78 is 28.0. The third kappa shape index (κ3) is 4.10. The predicted molar refractivity (Wildman–Crippen MR) is 112 cm³/mol. The first-order valence-corrected chi connectivity index (χ1v) is 12.7. The molecule has 0 bridgehead atoms. The number of benzene rings is 1. The quantitative estimate of drug-likeness (QED) is 0.809. The molecule has 0 aliphatic carbocycles. The number of fused-ring (bicyclic) bond motifs is 1. The molecular formula is C20H29N3O3S2. The maximum atomic E-state index is 13.2. The van der Waals surface area contributed by atoms with Crippen molar-refractivity contribution in [3.63, 3.8) is 0 Å². The number of amides is 1. The number of nitrogens with zero attached hydrogens (tertiary/aromatic N) is 2. The van der Waals surface area contributed by atoms with Gasteiger partial charge in [0.1, 0.15) is 0 Å². The molecule has 3 aliphatic heterocycles. The zero-order valence-electron chi connectivity index (χ0n) is 16.4. The maximum Gasteiger partial charge on any atom is 0.243 e. The molecule has 1 aromatic carbocycles. The highest BCUT2D eigenvalue weighted by molar-refractivity contribution is 7.99. The molecule has 0 radical (unpaired) electrons. The minimum absolute atomic E-state index is 0.0526. The van der Waals surface area contributed by atoms with E-state index in [1.165, 1.54) is 19.3 Å². The highest BCUT2D eigenvalue weighted by Crippen LogP contribution is 2.35. The van der Waals surface area contributed by atoms with E-state index in [2.05, 4.69) is 10.2 Å².